The van der Waals surface area contributed by atoms with E-state index in [0.717, 1.165) is 116 Å². The van der Waals surface area contributed by atoms with Crippen molar-refractivity contribution in [2.24, 2.45) is 0 Å². The van der Waals surface area contributed by atoms with Gasteiger partial charge in [0.15, 0.2) is 29.0 Å². The first-order valence-corrected chi connectivity index (χ1v) is 24.4. The minimum atomic E-state index is -0.809. The van der Waals surface area contributed by atoms with Crippen LogP contribution in [0.3, 0.4) is 0 Å². The lowest BCUT2D eigenvalue weighted by atomic mass is 9.67. The molecule has 1 unspecified atom stereocenters. The minimum absolute atomic E-state index is 0.576. The maximum absolute atomic E-state index is 7.17. The SMILES string of the molecule is c1ccc(-c2nc(-c3ccccc3)nc(-c3ccccc3-c3cnc4c(c3)C3(c5ccccc5Sc5c3ccc3c5Oc5ccccc5N3c3ccc5oc6ccccc6c5c3)c3cccnc3-4)n2)cc1. The summed E-state index contributed by atoms with van der Waals surface area (Å²) in [7, 11) is 0. The summed E-state index contributed by atoms with van der Waals surface area (Å²) in [6.45, 7) is 0. The molecule has 332 valence electrons. The van der Waals surface area contributed by atoms with Gasteiger partial charge in [-0.3, -0.25) is 9.97 Å². The van der Waals surface area contributed by atoms with Crippen LogP contribution in [0.5, 0.6) is 11.5 Å². The fourth-order valence-electron chi connectivity index (χ4n) is 11.0. The number of hydrogen-bond acceptors (Lipinski definition) is 9. The average Bonchev–Trinajstić information content (AvgIpc) is 3.97. The topological polar surface area (TPSA) is 90.1 Å². The lowest BCUT2D eigenvalue weighted by Crippen LogP contribution is -2.32. The van der Waals surface area contributed by atoms with Gasteiger partial charge >= 0.3 is 0 Å². The molecule has 2 aliphatic heterocycles. The first kappa shape index (κ1) is 39.8. The highest BCUT2D eigenvalue weighted by Gasteiger charge is 2.53. The summed E-state index contributed by atoms with van der Waals surface area (Å²) < 4.78 is 13.5. The van der Waals surface area contributed by atoms with Gasteiger partial charge in [0.2, 0.25) is 0 Å². The third-order valence-electron chi connectivity index (χ3n) is 14.1. The second-order valence-corrected chi connectivity index (χ2v) is 19.0. The molecule has 0 fully saturated rings. The Hall–Kier alpha value is -9.18. The Kier molecular flexibility index (Phi) is 8.64. The van der Waals surface area contributed by atoms with Gasteiger partial charge in [-0.25, -0.2) is 15.0 Å². The van der Waals surface area contributed by atoms with E-state index < -0.39 is 5.41 Å². The molecule has 8 aromatic carbocycles. The van der Waals surface area contributed by atoms with E-state index in [1.165, 1.54) is 5.56 Å². The highest BCUT2D eigenvalue weighted by Crippen LogP contribution is 2.66. The Bertz CT molecular complexity index is 4100. The average molecular weight is 929 g/mol. The number of nitrogens with zero attached hydrogens (tertiary/aromatic N) is 6. The molecule has 9 heteroatoms. The molecule has 0 bridgehead atoms. The van der Waals surface area contributed by atoms with Crippen LogP contribution in [-0.4, -0.2) is 24.9 Å². The van der Waals surface area contributed by atoms with Gasteiger partial charge in [-0.1, -0.05) is 157 Å². The van der Waals surface area contributed by atoms with Crippen LogP contribution in [0.15, 0.2) is 233 Å². The highest BCUT2D eigenvalue weighted by atomic mass is 32.2. The van der Waals surface area contributed by atoms with Crippen LogP contribution in [-0.2, 0) is 5.41 Å². The first-order chi connectivity index (χ1) is 35.2. The van der Waals surface area contributed by atoms with Crippen LogP contribution in [0.25, 0.3) is 78.6 Å². The van der Waals surface area contributed by atoms with Crippen LogP contribution >= 0.6 is 11.8 Å². The number of furan rings is 1. The third kappa shape index (κ3) is 5.90. The van der Waals surface area contributed by atoms with E-state index in [1.54, 1.807) is 11.8 Å². The second-order valence-electron chi connectivity index (χ2n) is 17.9. The molecule has 71 heavy (non-hydrogen) atoms. The number of benzene rings is 8. The number of ether oxygens (including phenoxy) is 1. The van der Waals surface area contributed by atoms with E-state index in [2.05, 4.69) is 120 Å². The van der Waals surface area contributed by atoms with Crippen molar-refractivity contribution in [2.75, 3.05) is 4.90 Å². The van der Waals surface area contributed by atoms with Crippen molar-refractivity contribution in [1.82, 2.24) is 24.9 Å². The lowest BCUT2D eigenvalue weighted by molar-refractivity contribution is 0.461. The Balaban J connectivity index is 0.946. The van der Waals surface area contributed by atoms with Gasteiger partial charge in [-0.2, -0.15) is 0 Å². The Morgan fingerprint density at radius 2 is 1.13 bits per heavy atom. The fourth-order valence-corrected chi connectivity index (χ4v) is 12.3. The number of pyridine rings is 2. The molecule has 0 radical (unpaired) electrons. The maximum Gasteiger partial charge on any atom is 0.165 e. The third-order valence-corrected chi connectivity index (χ3v) is 15.3. The number of para-hydroxylation sites is 3. The van der Waals surface area contributed by atoms with Crippen LogP contribution in [0.4, 0.5) is 17.1 Å². The highest BCUT2D eigenvalue weighted by molar-refractivity contribution is 7.99. The van der Waals surface area contributed by atoms with Gasteiger partial charge in [0.25, 0.3) is 0 Å². The maximum atomic E-state index is 7.17. The van der Waals surface area contributed by atoms with Crippen LogP contribution < -0.4 is 9.64 Å². The predicted octanol–water partition coefficient (Wildman–Crippen LogP) is 15.6. The van der Waals surface area contributed by atoms with Gasteiger partial charge in [-0.15, -0.1) is 0 Å². The van der Waals surface area contributed by atoms with E-state index in [9.17, 15) is 0 Å². The second kappa shape index (κ2) is 15.4. The molecule has 8 nitrogen and oxygen atoms in total. The molecule has 12 aromatic rings. The van der Waals surface area contributed by atoms with Crippen molar-refractivity contribution in [3.8, 4) is 68.2 Å². The van der Waals surface area contributed by atoms with Crippen molar-refractivity contribution in [1.29, 1.82) is 0 Å². The van der Waals surface area contributed by atoms with E-state index in [-0.39, 0.29) is 0 Å². The molecular formula is C62H36N6O2S. The Labute approximate surface area is 412 Å². The van der Waals surface area contributed by atoms with Crippen LogP contribution in [0.1, 0.15) is 22.3 Å². The molecule has 4 aromatic heterocycles. The molecule has 0 N–H and O–H groups in total. The van der Waals surface area contributed by atoms with Crippen molar-refractivity contribution in [2.45, 2.75) is 15.2 Å². The zero-order valence-electron chi connectivity index (χ0n) is 37.7. The van der Waals surface area contributed by atoms with Crippen molar-refractivity contribution < 1.29 is 9.15 Å². The van der Waals surface area contributed by atoms with Gasteiger partial charge in [-0.05, 0) is 82.9 Å². The van der Waals surface area contributed by atoms with E-state index >= 15 is 0 Å². The molecule has 3 aliphatic rings. The molecule has 1 aliphatic carbocycles. The predicted molar refractivity (Wildman–Crippen MR) is 281 cm³/mol. The molecule has 15 rings (SSSR count). The number of hydrogen-bond donors (Lipinski definition) is 0. The molecule has 0 saturated heterocycles. The number of fused-ring (bicyclic) bond motifs is 15. The standard InChI is InChI=1S/C62H36N6O2S/c1-3-16-37(17-4-1)59-65-60(38-18-5-2-6-19-38)67-61(66-59)43-22-8-7-20-41(43)39-34-48-56(64-36-39)55-46(24-15-33-63-55)62(48)45-23-10-14-28-54(45)71-58-47(62)30-31-50-57(58)70-53-27-13-11-25-49(53)68(50)40-29-32-52-44(35-40)42-21-9-12-26-51(42)69-52/h1-36H. The summed E-state index contributed by atoms with van der Waals surface area (Å²) >= 11 is 1.75. The van der Waals surface area contributed by atoms with Crippen LogP contribution in [0.2, 0.25) is 0 Å². The number of anilines is 3. The molecule has 0 saturated carbocycles. The van der Waals surface area contributed by atoms with E-state index in [1.807, 2.05) is 103 Å². The van der Waals surface area contributed by atoms with Gasteiger partial charge in [0.05, 0.1) is 33.1 Å². The summed E-state index contributed by atoms with van der Waals surface area (Å²) in [5.74, 6) is 3.35. The van der Waals surface area contributed by atoms with E-state index in [0.29, 0.717) is 17.5 Å². The molecule has 0 amide bonds. The molecule has 6 heterocycles. The molecule has 1 spiro atoms. The van der Waals surface area contributed by atoms with Crippen LogP contribution in [0, 0.1) is 0 Å². The Morgan fingerprint density at radius 1 is 0.451 bits per heavy atom. The zero-order chi connectivity index (χ0) is 46.6. The largest absolute Gasteiger partial charge is 0.456 e. The summed E-state index contributed by atoms with van der Waals surface area (Å²) in [6.07, 6.45) is 3.85. The van der Waals surface area contributed by atoms with Gasteiger partial charge in [0, 0.05) is 61.6 Å². The summed E-state index contributed by atoms with van der Waals surface area (Å²) in [4.78, 5) is 30.3. The molecule has 1 atom stereocenters. The summed E-state index contributed by atoms with van der Waals surface area (Å²) in [5, 5.41) is 2.14. The van der Waals surface area contributed by atoms with Crippen molar-refractivity contribution in [3.63, 3.8) is 0 Å². The summed E-state index contributed by atoms with van der Waals surface area (Å²) in [6, 6.07) is 71.4. The number of rotatable bonds is 5. The monoisotopic (exact) mass is 928 g/mol. The van der Waals surface area contributed by atoms with Gasteiger partial charge in [0.1, 0.15) is 11.2 Å². The van der Waals surface area contributed by atoms with Crippen molar-refractivity contribution in [3.05, 3.63) is 241 Å². The smallest absolute Gasteiger partial charge is 0.165 e. The van der Waals surface area contributed by atoms with Crippen molar-refractivity contribution >= 4 is 50.8 Å². The lowest BCUT2D eigenvalue weighted by Gasteiger charge is -2.42. The Morgan fingerprint density at radius 3 is 1.97 bits per heavy atom. The molecular weight excluding hydrogens is 893 g/mol. The van der Waals surface area contributed by atoms with E-state index in [4.69, 9.17) is 34.1 Å². The normalized spacial score (nSPS) is 14.8. The minimum Gasteiger partial charge on any atom is -0.456 e. The quantitative estimate of drug-likeness (QED) is 0.167. The summed E-state index contributed by atoms with van der Waals surface area (Å²) in [5.41, 5.74) is 14.5. The first-order valence-electron chi connectivity index (χ1n) is 23.6. The zero-order valence-corrected chi connectivity index (χ0v) is 38.5. The number of aromatic nitrogens is 5. The van der Waals surface area contributed by atoms with Gasteiger partial charge < -0.3 is 14.1 Å². The fraction of sp³-hybridized carbons (Fsp3) is 0.0161.